The molecular formula is C29H38ClN3O2. The molecule has 2 N–H and O–H groups in total. The second kappa shape index (κ2) is 12.0. The van der Waals surface area contributed by atoms with Crippen LogP contribution in [0.15, 0.2) is 48.5 Å². The quantitative estimate of drug-likeness (QED) is 0.426. The number of piperidine rings is 1. The van der Waals surface area contributed by atoms with E-state index in [-0.39, 0.29) is 17.2 Å². The van der Waals surface area contributed by atoms with Crippen LogP contribution in [-0.2, 0) is 15.0 Å². The molecule has 0 atom stereocenters. The van der Waals surface area contributed by atoms with Crippen molar-refractivity contribution in [2.24, 2.45) is 0 Å². The van der Waals surface area contributed by atoms with Gasteiger partial charge in [0.1, 0.15) is 0 Å². The van der Waals surface area contributed by atoms with Gasteiger partial charge in [-0.3, -0.25) is 9.59 Å². The third-order valence-corrected chi connectivity index (χ3v) is 8.01. The summed E-state index contributed by atoms with van der Waals surface area (Å²) in [5.74, 6) is 0.669. The zero-order valence-electron chi connectivity index (χ0n) is 20.8. The number of halogens is 1. The average Bonchev–Trinajstić information content (AvgIpc) is 3.32. The Bertz CT molecular complexity index is 993. The molecule has 2 fully saturated rings. The summed E-state index contributed by atoms with van der Waals surface area (Å²) in [7, 11) is 0. The van der Waals surface area contributed by atoms with Crippen molar-refractivity contribution in [3.05, 3.63) is 64.7 Å². The van der Waals surface area contributed by atoms with Gasteiger partial charge < -0.3 is 15.5 Å². The minimum atomic E-state index is -0.0348. The Morgan fingerprint density at radius 1 is 1.06 bits per heavy atom. The number of amides is 2. The molecule has 2 aromatic carbocycles. The number of benzene rings is 2. The Morgan fingerprint density at radius 2 is 1.77 bits per heavy atom. The van der Waals surface area contributed by atoms with Gasteiger partial charge in [-0.2, -0.15) is 0 Å². The molecule has 1 saturated heterocycles. The predicted molar refractivity (Wildman–Crippen MR) is 143 cm³/mol. The van der Waals surface area contributed by atoms with E-state index in [0.717, 1.165) is 69.0 Å². The maximum atomic E-state index is 12.8. The van der Waals surface area contributed by atoms with Crippen molar-refractivity contribution in [1.29, 1.82) is 0 Å². The van der Waals surface area contributed by atoms with Crippen molar-refractivity contribution >= 4 is 29.1 Å². The molecule has 6 heteroatoms. The normalized spacial score (nSPS) is 18.3. The first-order valence-electron chi connectivity index (χ1n) is 13.1. The fourth-order valence-corrected chi connectivity index (χ4v) is 6.01. The maximum absolute atomic E-state index is 12.8. The molecule has 2 amide bonds. The fourth-order valence-electron chi connectivity index (χ4n) is 5.89. The topological polar surface area (TPSA) is 61.4 Å². The Hall–Kier alpha value is -2.37. The largest absolute Gasteiger partial charge is 0.356 e. The highest BCUT2D eigenvalue weighted by Gasteiger charge is 2.37. The Kier molecular flexibility index (Phi) is 8.85. The number of hydrogen-bond donors (Lipinski definition) is 2. The van der Waals surface area contributed by atoms with Crippen LogP contribution in [0.5, 0.6) is 0 Å². The van der Waals surface area contributed by atoms with Crippen molar-refractivity contribution < 1.29 is 9.59 Å². The van der Waals surface area contributed by atoms with Crippen molar-refractivity contribution in [3.8, 4) is 0 Å². The maximum Gasteiger partial charge on any atom is 0.221 e. The van der Waals surface area contributed by atoms with Crippen LogP contribution in [0.3, 0.4) is 0 Å². The van der Waals surface area contributed by atoms with Crippen molar-refractivity contribution in [1.82, 2.24) is 10.2 Å². The second-order valence-corrected chi connectivity index (χ2v) is 10.7. The average molecular weight is 496 g/mol. The lowest BCUT2D eigenvalue weighted by Gasteiger charge is -2.32. The van der Waals surface area contributed by atoms with Crippen LogP contribution < -0.4 is 10.6 Å². The molecule has 188 valence electrons. The smallest absolute Gasteiger partial charge is 0.221 e. The molecule has 1 saturated carbocycles. The van der Waals surface area contributed by atoms with E-state index in [4.69, 9.17) is 11.6 Å². The van der Waals surface area contributed by atoms with E-state index in [1.165, 1.54) is 24.0 Å². The zero-order chi connectivity index (χ0) is 24.7. The van der Waals surface area contributed by atoms with Gasteiger partial charge in [-0.25, -0.2) is 0 Å². The molecule has 35 heavy (non-hydrogen) atoms. The number of anilines is 1. The summed E-state index contributed by atoms with van der Waals surface area (Å²) >= 11 is 6.08. The van der Waals surface area contributed by atoms with Crippen LogP contribution in [0.2, 0.25) is 5.02 Å². The lowest BCUT2D eigenvalue weighted by molar-refractivity contribution is -0.122. The molecule has 5 nitrogen and oxygen atoms in total. The fraction of sp³-hybridized carbons (Fsp3) is 0.517. The van der Waals surface area contributed by atoms with Gasteiger partial charge in [0.15, 0.2) is 0 Å². The molecular weight excluding hydrogens is 458 g/mol. The van der Waals surface area contributed by atoms with Gasteiger partial charge in [0.2, 0.25) is 11.8 Å². The van der Waals surface area contributed by atoms with E-state index in [2.05, 4.69) is 39.8 Å². The number of carbonyl (C=O) groups is 2. The van der Waals surface area contributed by atoms with Gasteiger partial charge in [0, 0.05) is 36.0 Å². The first-order valence-corrected chi connectivity index (χ1v) is 13.4. The molecule has 0 aromatic heterocycles. The Morgan fingerprint density at radius 3 is 2.46 bits per heavy atom. The van der Waals surface area contributed by atoms with E-state index in [9.17, 15) is 9.59 Å². The highest BCUT2D eigenvalue weighted by atomic mass is 35.5. The molecule has 2 aromatic rings. The number of likely N-dealkylation sites (tertiary alicyclic amines) is 1. The van der Waals surface area contributed by atoms with Crippen LogP contribution in [0, 0.1) is 0 Å². The third kappa shape index (κ3) is 7.08. The predicted octanol–water partition coefficient (Wildman–Crippen LogP) is 5.89. The number of carbonyl (C=O) groups excluding carboxylic acids is 2. The van der Waals surface area contributed by atoms with Crippen LogP contribution in [0.1, 0.15) is 75.3 Å². The minimum Gasteiger partial charge on any atom is -0.356 e. The Balaban J connectivity index is 1.18. The number of hydrogen-bond acceptors (Lipinski definition) is 3. The number of rotatable bonds is 9. The minimum absolute atomic E-state index is 0.0339. The van der Waals surface area contributed by atoms with Gasteiger partial charge in [0.05, 0.1) is 0 Å². The molecule has 1 aliphatic heterocycles. The zero-order valence-corrected chi connectivity index (χ0v) is 21.6. The van der Waals surface area contributed by atoms with Crippen LogP contribution in [0.25, 0.3) is 0 Å². The lowest BCUT2D eigenvalue weighted by atomic mass is 9.76. The molecule has 0 unspecified atom stereocenters. The van der Waals surface area contributed by atoms with E-state index in [0.29, 0.717) is 12.3 Å². The van der Waals surface area contributed by atoms with Gasteiger partial charge in [-0.15, -0.1) is 0 Å². The Labute approximate surface area is 214 Å². The second-order valence-electron chi connectivity index (χ2n) is 10.3. The van der Waals surface area contributed by atoms with Crippen molar-refractivity contribution in [2.75, 3.05) is 31.5 Å². The standard InChI is InChI=1S/C29H38ClN3O2/c1-22(34)32-27-7-4-6-24(20-27)23-12-18-33(19-13-23)17-5-16-31-28(35)21-29(14-2-3-15-29)25-8-10-26(30)11-9-25/h4,6-11,20,23H,2-3,5,12-19,21H2,1H3,(H,31,35)(H,32,34). The molecule has 1 aliphatic carbocycles. The first-order chi connectivity index (χ1) is 16.9. The summed E-state index contributed by atoms with van der Waals surface area (Å²) in [6.45, 7) is 5.43. The summed E-state index contributed by atoms with van der Waals surface area (Å²) in [6.07, 6.45) is 8.31. The number of nitrogens with zero attached hydrogens (tertiary/aromatic N) is 1. The summed E-state index contributed by atoms with van der Waals surface area (Å²) in [6, 6.07) is 16.3. The monoisotopic (exact) mass is 495 g/mol. The van der Waals surface area contributed by atoms with Gasteiger partial charge in [-0.1, -0.05) is 48.7 Å². The van der Waals surface area contributed by atoms with Crippen molar-refractivity contribution in [3.63, 3.8) is 0 Å². The van der Waals surface area contributed by atoms with E-state index in [1.54, 1.807) is 6.92 Å². The van der Waals surface area contributed by atoms with Gasteiger partial charge in [-0.05, 0) is 93.0 Å². The highest BCUT2D eigenvalue weighted by molar-refractivity contribution is 6.30. The SMILES string of the molecule is CC(=O)Nc1cccc(C2CCN(CCCNC(=O)CC3(c4ccc(Cl)cc4)CCCC3)CC2)c1. The van der Waals surface area contributed by atoms with Gasteiger partial charge >= 0.3 is 0 Å². The third-order valence-electron chi connectivity index (χ3n) is 7.76. The van der Waals surface area contributed by atoms with Crippen molar-refractivity contribution in [2.45, 2.75) is 69.6 Å². The first kappa shape index (κ1) is 25.7. The van der Waals surface area contributed by atoms with Crippen LogP contribution in [0.4, 0.5) is 5.69 Å². The molecule has 0 radical (unpaired) electrons. The molecule has 1 heterocycles. The molecule has 0 bridgehead atoms. The summed E-state index contributed by atoms with van der Waals surface area (Å²) in [5.41, 5.74) is 3.40. The lowest BCUT2D eigenvalue weighted by Crippen LogP contribution is -2.37. The van der Waals surface area contributed by atoms with Gasteiger partial charge in [0.25, 0.3) is 0 Å². The molecule has 0 spiro atoms. The van der Waals surface area contributed by atoms with Crippen LogP contribution >= 0.6 is 11.6 Å². The highest BCUT2D eigenvalue weighted by Crippen LogP contribution is 2.44. The van der Waals surface area contributed by atoms with E-state index >= 15 is 0 Å². The van der Waals surface area contributed by atoms with E-state index < -0.39 is 0 Å². The summed E-state index contributed by atoms with van der Waals surface area (Å²) in [4.78, 5) is 26.7. The van der Waals surface area contributed by atoms with Crippen LogP contribution in [-0.4, -0.2) is 42.9 Å². The molecule has 4 rings (SSSR count). The molecule has 2 aliphatic rings. The number of nitrogens with one attached hydrogen (secondary N) is 2. The summed E-state index contributed by atoms with van der Waals surface area (Å²) < 4.78 is 0. The van der Waals surface area contributed by atoms with E-state index in [1.807, 2.05) is 24.3 Å². The summed E-state index contributed by atoms with van der Waals surface area (Å²) in [5, 5.41) is 6.81.